The van der Waals surface area contributed by atoms with E-state index in [1.54, 1.807) is 24.3 Å². The van der Waals surface area contributed by atoms with Crippen LogP contribution in [0.15, 0.2) is 48.5 Å². The molecule has 0 atom stereocenters. The number of hydrogen-bond donors (Lipinski definition) is 0. The molecule has 0 saturated carbocycles. The van der Waals surface area contributed by atoms with E-state index in [2.05, 4.69) is 13.8 Å². The van der Waals surface area contributed by atoms with Crippen LogP contribution >= 0.6 is 0 Å². The third-order valence-corrected chi connectivity index (χ3v) is 6.67. The van der Waals surface area contributed by atoms with E-state index < -0.39 is 10.4 Å². The van der Waals surface area contributed by atoms with Gasteiger partial charge in [0, 0.05) is 0 Å². The smallest absolute Gasteiger partial charge is 0.353 e. The minimum atomic E-state index is -4.17. The van der Waals surface area contributed by atoms with Crippen LogP contribution in [0.1, 0.15) is 102 Å². The summed E-state index contributed by atoms with van der Waals surface area (Å²) < 4.78 is 34.8. The molecule has 2 aromatic rings. The van der Waals surface area contributed by atoms with Gasteiger partial charge < -0.3 is 8.37 Å². The van der Waals surface area contributed by atoms with E-state index in [-0.39, 0.29) is 11.5 Å². The zero-order chi connectivity index (χ0) is 23.8. The molecule has 2 rings (SSSR count). The summed E-state index contributed by atoms with van der Waals surface area (Å²) in [5, 5.41) is 0. The van der Waals surface area contributed by atoms with E-state index in [0.717, 1.165) is 25.7 Å². The van der Waals surface area contributed by atoms with E-state index >= 15 is 0 Å². The number of benzene rings is 2. The summed E-state index contributed by atoms with van der Waals surface area (Å²) >= 11 is 0. The predicted octanol–water partition coefficient (Wildman–Crippen LogP) is 8.20. The molecule has 2 aromatic carbocycles. The van der Waals surface area contributed by atoms with Gasteiger partial charge in [0.2, 0.25) is 0 Å². The van der Waals surface area contributed by atoms with Crippen molar-refractivity contribution >= 4 is 10.4 Å². The fourth-order valence-electron chi connectivity index (χ4n) is 3.89. The maximum Gasteiger partial charge on any atom is 0.500 e. The molecule has 0 aliphatic rings. The van der Waals surface area contributed by atoms with Gasteiger partial charge in [0.1, 0.15) is 11.5 Å². The summed E-state index contributed by atoms with van der Waals surface area (Å²) in [5.74, 6) is 0.530. The van der Waals surface area contributed by atoms with Crippen LogP contribution in [0.5, 0.6) is 11.5 Å². The molecule has 0 fully saturated rings. The lowest BCUT2D eigenvalue weighted by molar-refractivity contribution is 0.392. The van der Waals surface area contributed by atoms with Gasteiger partial charge in [-0.25, -0.2) is 0 Å². The molecule has 0 spiro atoms. The first-order valence-electron chi connectivity index (χ1n) is 12.8. The molecule has 0 unspecified atom stereocenters. The van der Waals surface area contributed by atoms with E-state index in [4.69, 9.17) is 8.37 Å². The van der Waals surface area contributed by atoms with Crippen molar-refractivity contribution < 1.29 is 16.8 Å². The summed E-state index contributed by atoms with van der Waals surface area (Å²) in [6.07, 6.45) is 17.1. The van der Waals surface area contributed by atoms with Crippen LogP contribution in [0, 0.1) is 0 Å². The standard InChI is InChI=1S/C28H42O4S/c1-3-5-7-9-11-13-15-25-17-21-27(22-18-25)31-33(29,30)32-28-23-19-26(20-24-28)16-14-12-10-8-6-4-2/h17-24H,3-16H2,1-2H3. The van der Waals surface area contributed by atoms with E-state index in [1.807, 2.05) is 24.3 Å². The summed E-state index contributed by atoms with van der Waals surface area (Å²) in [7, 11) is -4.17. The van der Waals surface area contributed by atoms with Crippen LogP contribution in [0.2, 0.25) is 0 Å². The Hall–Kier alpha value is -2.01. The highest BCUT2D eigenvalue weighted by molar-refractivity contribution is 7.82. The maximum absolute atomic E-state index is 12.3. The van der Waals surface area contributed by atoms with Crippen molar-refractivity contribution in [2.75, 3.05) is 0 Å². The average Bonchev–Trinajstić information content (AvgIpc) is 2.80. The van der Waals surface area contributed by atoms with E-state index in [1.165, 1.54) is 75.3 Å². The topological polar surface area (TPSA) is 52.6 Å². The second kappa shape index (κ2) is 15.8. The van der Waals surface area contributed by atoms with Gasteiger partial charge in [-0.15, -0.1) is 8.42 Å². The van der Waals surface area contributed by atoms with E-state index in [9.17, 15) is 8.42 Å². The normalized spacial score (nSPS) is 11.5. The van der Waals surface area contributed by atoms with Crippen LogP contribution in [-0.4, -0.2) is 8.42 Å². The van der Waals surface area contributed by atoms with Gasteiger partial charge in [0.15, 0.2) is 0 Å². The van der Waals surface area contributed by atoms with Gasteiger partial charge in [-0.2, -0.15) is 0 Å². The second-order valence-electron chi connectivity index (χ2n) is 8.90. The van der Waals surface area contributed by atoms with Gasteiger partial charge in [0.25, 0.3) is 0 Å². The monoisotopic (exact) mass is 474 g/mol. The fourth-order valence-corrected chi connectivity index (χ4v) is 4.62. The zero-order valence-corrected chi connectivity index (χ0v) is 21.4. The highest BCUT2D eigenvalue weighted by atomic mass is 32.3. The Kier molecular flexibility index (Phi) is 13.0. The van der Waals surface area contributed by atoms with Crippen LogP contribution in [0.25, 0.3) is 0 Å². The average molecular weight is 475 g/mol. The zero-order valence-electron chi connectivity index (χ0n) is 20.6. The van der Waals surface area contributed by atoms with E-state index in [0.29, 0.717) is 0 Å². The molecular weight excluding hydrogens is 432 g/mol. The summed E-state index contributed by atoms with van der Waals surface area (Å²) in [4.78, 5) is 0. The van der Waals surface area contributed by atoms with Gasteiger partial charge in [-0.1, -0.05) is 102 Å². The van der Waals surface area contributed by atoms with Crippen LogP contribution < -0.4 is 8.37 Å². The number of rotatable bonds is 18. The first-order chi connectivity index (χ1) is 16.0. The molecule has 0 aliphatic heterocycles. The van der Waals surface area contributed by atoms with Crippen molar-refractivity contribution in [1.82, 2.24) is 0 Å². The Morgan fingerprint density at radius 2 is 0.848 bits per heavy atom. The Balaban J connectivity index is 1.73. The van der Waals surface area contributed by atoms with Crippen molar-refractivity contribution in [3.05, 3.63) is 59.7 Å². The van der Waals surface area contributed by atoms with Crippen molar-refractivity contribution in [3.63, 3.8) is 0 Å². The summed E-state index contributed by atoms with van der Waals surface area (Å²) in [6.45, 7) is 4.45. The van der Waals surface area contributed by atoms with Crippen molar-refractivity contribution in [2.45, 2.75) is 104 Å². The molecule has 0 aliphatic carbocycles. The molecule has 0 amide bonds. The van der Waals surface area contributed by atoms with Gasteiger partial charge >= 0.3 is 10.4 Å². The number of unbranched alkanes of at least 4 members (excludes halogenated alkanes) is 10. The predicted molar refractivity (Wildman–Crippen MR) is 137 cm³/mol. The van der Waals surface area contributed by atoms with Crippen molar-refractivity contribution in [3.8, 4) is 11.5 Å². The number of aryl methyl sites for hydroxylation is 2. The first-order valence-corrected chi connectivity index (χ1v) is 14.2. The Morgan fingerprint density at radius 1 is 0.515 bits per heavy atom. The largest absolute Gasteiger partial charge is 0.500 e. The summed E-state index contributed by atoms with van der Waals surface area (Å²) in [5.41, 5.74) is 2.38. The molecular formula is C28H42O4S. The van der Waals surface area contributed by atoms with Crippen molar-refractivity contribution in [2.24, 2.45) is 0 Å². The van der Waals surface area contributed by atoms with Gasteiger partial charge in [0.05, 0.1) is 0 Å². The summed E-state index contributed by atoms with van der Waals surface area (Å²) in [6, 6.07) is 14.5. The molecule has 0 aromatic heterocycles. The molecule has 0 saturated heterocycles. The molecule has 4 nitrogen and oxygen atoms in total. The molecule has 184 valence electrons. The maximum atomic E-state index is 12.3. The molecule has 33 heavy (non-hydrogen) atoms. The SMILES string of the molecule is CCCCCCCCc1ccc(OS(=O)(=O)Oc2ccc(CCCCCCCC)cc2)cc1. The third kappa shape index (κ3) is 12.1. The Labute approximate surface area is 202 Å². The third-order valence-electron chi connectivity index (χ3n) is 5.88. The Bertz CT molecular complexity index is 790. The van der Waals surface area contributed by atoms with Crippen LogP contribution in [0.4, 0.5) is 0 Å². The Morgan fingerprint density at radius 3 is 1.21 bits per heavy atom. The molecule has 0 radical (unpaired) electrons. The lowest BCUT2D eigenvalue weighted by Gasteiger charge is -2.09. The highest BCUT2D eigenvalue weighted by Crippen LogP contribution is 2.20. The first kappa shape index (κ1) is 27.2. The molecule has 0 bridgehead atoms. The lowest BCUT2D eigenvalue weighted by atomic mass is 10.1. The minimum Gasteiger partial charge on any atom is -0.353 e. The molecule has 5 heteroatoms. The minimum absolute atomic E-state index is 0.265. The van der Waals surface area contributed by atoms with Gasteiger partial charge in [-0.05, 0) is 61.1 Å². The fraction of sp³-hybridized carbons (Fsp3) is 0.571. The van der Waals surface area contributed by atoms with Gasteiger partial charge in [-0.3, -0.25) is 0 Å². The van der Waals surface area contributed by atoms with Crippen molar-refractivity contribution in [1.29, 1.82) is 0 Å². The van der Waals surface area contributed by atoms with Crippen LogP contribution in [0.3, 0.4) is 0 Å². The number of hydrogen-bond acceptors (Lipinski definition) is 4. The lowest BCUT2D eigenvalue weighted by Crippen LogP contribution is -2.16. The van der Waals surface area contributed by atoms with Crippen LogP contribution in [-0.2, 0) is 23.2 Å². The highest BCUT2D eigenvalue weighted by Gasteiger charge is 2.15. The quantitative estimate of drug-likeness (QED) is 0.204. The molecule has 0 N–H and O–H groups in total. The molecule has 0 heterocycles. The second-order valence-corrected chi connectivity index (χ2v) is 10.0.